The summed E-state index contributed by atoms with van der Waals surface area (Å²) in [5.74, 6) is 0.532. The zero-order valence-corrected chi connectivity index (χ0v) is 13.7. The van der Waals surface area contributed by atoms with Crippen LogP contribution in [0.4, 0.5) is 0 Å². The van der Waals surface area contributed by atoms with Crippen molar-refractivity contribution in [1.82, 2.24) is 9.71 Å². The van der Waals surface area contributed by atoms with E-state index in [1.165, 1.54) is 11.3 Å². The number of sulfonamides is 1. The SMILES string of the molecule is CCc1ccc(S(=O)(=O)NCCc2nc3ccccc3o2)s1. The predicted octanol–water partition coefficient (Wildman–Crippen LogP) is 2.97. The lowest BCUT2D eigenvalue weighted by Crippen LogP contribution is -2.25. The van der Waals surface area contributed by atoms with Crippen LogP contribution in [0.2, 0.25) is 0 Å². The molecule has 5 nitrogen and oxygen atoms in total. The number of benzene rings is 1. The van der Waals surface area contributed by atoms with Crippen molar-refractivity contribution in [2.45, 2.75) is 24.0 Å². The van der Waals surface area contributed by atoms with Crippen LogP contribution in [-0.2, 0) is 22.9 Å². The minimum absolute atomic E-state index is 0.258. The van der Waals surface area contributed by atoms with Gasteiger partial charge in [-0.2, -0.15) is 0 Å². The number of nitrogens with one attached hydrogen (secondary N) is 1. The number of thiophene rings is 1. The van der Waals surface area contributed by atoms with Gasteiger partial charge in [-0.05, 0) is 30.7 Å². The molecule has 0 amide bonds. The monoisotopic (exact) mass is 336 g/mol. The van der Waals surface area contributed by atoms with Crippen LogP contribution in [0.25, 0.3) is 11.1 Å². The summed E-state index contributed by atoms with van der Waals surface area (Å²) in [6.45, 7) is 2.26. The third-order valence-electron chi connectivity index (χ3n) is 3.22. The lowest BCUT2D eigenvalue weighted by molar-refractivity contribution is 0.523. The third kappa shape index (κ3) is 3.21. The van der Waals surface area contributed by atoms with Crippen molar-refractivity contribution < 1.29 is 12.8 Å². The zero-order chi connectivity index (χ0) is 15.6. The molecular weight excluding hydrogens is 320 g/mol. The molecule has 116 valence electrons. The van der Waals surface area contributed by atoms with Gasteiger partial charge in [-0.25, -0.2) is 18.1 Å². The van der Waals surface area contributed by atoms with Gasteiger partial charge in [0.1, 0.15) is 9.73 Å². The number of para-hydroxylation sites is 2. The van der Waals surface area contributed by atoms with Crippen LogP contribution < -0.4 is 4.72 Å². The summed E-state index contributed by atoms with van der Waals surface area (Å²) in [6.07, 6.45) is 1.25. The number of aromatic nitrogens is 1. The second-order valence-corrected chi connectivity index (χ2v) is 7.96. The Hall–Kier alpha value is -1.70. The van der Waals surface area contributed by atoms with Gasteiger partial charge in [0.2, 0.25) is 10.0 Å². The summed E-state index contributed by atoms with van der Waals surface area (Å²) >= 11 is 1.30. The Labute approximate surface area is 133 Å². The Bertz CT molecular complexity index is 848. The average Bonchev–Trinajstić information content (AvgIpc) is 3.13. The molecule has 0 aliphatic carbocycles. The molecule has 0 atom stereocenters. The second kappa shape index (κ2) is 6.20. The van der Waals surface area contributed by atoms with E-state index < -0.39 is 10.0 Å². The van der Waals surface area contributed by atoms with Crippen molar-refractivity contribution in [1.29, 1.82) is 0 Å². The molecule has 2 heterocycles. The molecule has 0 bridgehead atoms. The fourth-order valence-electron chi connectivity index (χ4n) is 2.08. The third-order valence-corrected chi connectivity index (χ3v) is 6.40. The van der Waals surface area contributed by atoms with Gasteiger partial charge in [0.15, 0.2) is 11.5 Å². The topological polar surface area (TPSA) is 72.2 Å². The number of hydrogen-bond acceptors (Lipinski definition) is 5. The van der Waals surface area contributed by atoms with Gasteiger partial charge in [0, 0.05) is 17.8 Å². The average molecular weight is 336 g/mol. The Kier molecular flexibility index (Phi) is 4.28. The summed E-state index contributed by atoms with van der Waals surface area (Å²) in [5, 5.41) is 0. The lowest BCUT2D eigenvalue weighted by Gasteiger charge is -2.02. The van der Waals surface area contributed by atoms with Gasteiger partial charge in [0.05, 0.1) is 0 Å². The maximum absolute atomic E-state index is 12.2. The molecule has 0 saturated carbocycles. The van der Waals surface area contributed by atoms with Gasteiger partial charge in [-0.1, -0.05) is 19.1 Å². The van der Waals surface area contributed by atoms with Crippen LogP contribution in [0.3, 0.4) is 0 Å². The Morgan fingerprint density at radius 1 is 1.23 bits per heavy atom. The van der Waals surface area contributed by atoms with Crippen LogP contribution in [0.15, 0.2) is 45.0 Å². The van der Waals surface area contributed by atoms with E-state index in [4.69, 9.17) is 4.42 Å². The maximum atomic E-state index is 12.2. The minimum Gasteiger partial charge on any atom is -0.441 e. The molecule has 0 unspecified atom stereocenters. The summed E-state index contributed by atoms with van der Waals surface area (Å²) in [6, 6.07) is 11.0. The van der Waals surface area contributed by atoms with Crippen LogP contribution in [0, 0.1) is 0 Å². The van der Waals surface area contributed by atoms with E-state index in [0.717, 1.165) is 16.8 Å². The quantitative estimate of drug-likeness (QED) is 0.751. The number of rotatable bonds is 6. The maximum Gasteiger partial charge on any atom is 0.250 e. The smallest absolute Gasteiger partial charge is 0.250 e. The molecule has 3 rings (SSSR count). The number of aryl methyl sites for hydroxylation is 1. The molecule has 22 heavy (non-hydrogen) atoms. The van der Waals surface area contributed by atoms with E-state index in [1.54, 1.807) is 6.07 Å². The van der Waals surface area contributed by atoms with E-state index in [0.29, 0.717) is 22.1 Å². The lowest BCUT2D eigenvalue weighted by atomic mass is 10.3. The highest BCUT2D eigenvalue weighted by molar-refractivity contribution is 7.91. The summed E-state index contributed by atoms with van der Waals surface area (Å²) < 4.78 is 32.8. The zero-order valence-electron chi connectivity index (χ0n) is 12.1. The van der Waals surface area contributed by atoms with Crippen molar-refractivity contribution in [3.05, 3.63) is 47.2 Å². The van der Waals surface area contributed by atoms with E-state index in [-0.39, 0.29) is 6.54 Å². The summed E-state index contributed by atoms with van der Waals surface area (Å²) in [5.41, 5.74) is 1.50. The number of fused-ring (bicyclic) bond motifs is 1. The predicted molar refractivity (Wildman–Crippen MR) is 86.6 cm³/mol. The van der Waals surface area contributed by atoms with Gasteiger partial charge in [-0.15, -0.1) is 11.3 Å². The highest BCUT2D eigenvalue weighted by Crippen LogP contribution is 2.21. The van der Waals surface area contributed by atoms with Crippen molar-refractivity contribution in [2.75, 3.05) is 6.54 Å². The van der Waals surface area contributed by atoms with Gasteiger partial charge in [-0.3, -0.25) is 0 Å². The minimum atomic E-state index is -3.45. The van der Waals surface area contributed by atoms with E-state index in [9.17, 15) is 8.42 Å². The number of oxazole rings is 1. The first-order chi connectivity index (χ1) is 10.6. The van der Waals surface area contributed by atoms with Gasteiger partial charge >= 0.3 is 0 Å². The molecule has 3 aromatic rings. The van der Waals surface area contributed by atoms with Crippen LogP contribution in [0.5, 0.6) is 0 Å². The number of hydrogen-bond donors (Lipinski definition) is 1. The van der Waals surface area contributed by atoms with E-state index in [2.05, 4.69) is 9.71 Å². The largest absolute Gasteiger partial charge is 0.441 e. The Morgan fingerprint density at radius 2 is 2.05 bits per heavy atom. The van der Waals surface area contributed by atoms with Crippen molar-refractivity contribution in [3.63, 3.8) is 0 Å². The molecule has 2 aromatic heterocycles. The molecule has 1 aromatic carbocycles. The van der Waals surface area contributed by atoms with Gasteiger partial charge < -0.3 is 4.42 Å². The van der Waals surface area contributed by atoms with Crippen molar-refractivity contribution in [3.8, 4) is 0 Å². The standard InChI is InChI=1S/C15H16N2O3S2/c1-2-11-7-8-15(21-11)22(18,19)16-10-9-14-17-12-5-3-4-6-13(12)20-14/h3-8,16H,2,9-10H2,1H3. The normalized spacial score (nSPS) is 12.0. The first kappa shape index (κ1) is 15.2. The molecule has 0 aliphatic rings. The Balaban J connectivity index is 1.64. The first-order valence-corrected chi connectivity index (χ1v) is 9.31. The molecule has 1 N–H and O–H groups in total. The number of nitrogens with zero attached hydrogens (tertiary/aromatic N) is 1. The molecule has 7 heteroatoms. The van der Waals surface area contributed by atoms with E-state index >= 15 is 0 Å². The molecular formula is C15H16N2O3S2. The highest BCUT2D eigenvalue weighted by atomic mass is 32.2. The van der Waals surface area contributed by atoms with E-state index in [1.807, 2.05) is 37.3 Å². The fourth-order valence-corrected chi connectivity index (χ4v) is 4.45. The van der Waals surface area contributed by atoms with Crippen LogP contribution in [0.1, 0.15) is 17.7 Å². The highest BCUT2D eigenvalue weighted by Gasteiger charge is 2.16. The molecule has 0 saturated heterocycles. The first-order valence-electron chi connectivity index (χ1n) is 7.01. The summed E-state index contributed by atoms with van der Waals surface area (Å²) in [4.78, 5) is 5.38. The molecule has 0 fully saturated rings. The second-order valence-electron chi connectivity index (χ2n) is 4.80. The Morgan fingerprint density at radius 3 is 2.77 bits per heavy atom. The van der Waals surface area contributed by atoms with Crippen LogP contribution in [-0.4, -0.2) is 19.9 Å². The summed E-state index contributed by atoms with van der Waals surface area (Å²) in [7, 11) is -3.45. The van der Waals surface area contributed by atoms with Crippen LogP contribution >= 0.6 is 11.3 Å². The molecule has 0 radical (unpaired) electrons. The molecule has 0 aliphatic heterocycles. The van der Waals surface area contributed by atoms with Crippen molar-refractivity contribution in [2.24, 2.45) is 0 Å². The van der Waals surface area contributed by atoms with Gasteiger partial charge in [0.25, 0.3) is 0 Å². The fraction of sp³-hybridized carbons (Fsp3) is 0.267. The van der Waals surface area contributed by atoms with Crippen molar-refractivity contribution >= 4 is 32.5 Å². The molecule has 0 spiro atoms.